The third-order valence-corrected chi connectivity index (χ3v) is 5.62. The van der Waals surface area contributed by atoms with Crippen molar-refractivity contribution < 1.29 is 4.20 Å². The Morgan fingerprint density at radius 1 is 1.08 bits per heavy atom. The first-order valence-corrected chi connectivity index (χ1v) is 7.79. The summed E-state index contributed by atoms with van der Waals surface area (Å²) in [7, 11) is 3.33. The van der Waals surface area contributed by atoms with Crippen LogP contribution in [0.25, 0.3) is 0 Å². The molecule has 0 aromatic heterocycles. The predicted molar refractivity (Wildman–Crippen MR) is 56.2 cm³/mol. The van der Waals surface area contributed by atoms with E-state index in [1.165, 1.54) is 20.4 Å². The second-order valence-corrected chi connectivity index (χ2v) is 7.06. The summed E-state index contributed by atoms with van der Waals surface area (Å²) >= 11 is 0. The molecule has 0 fully saturated rings. The molecule has 1 heterocycles. The molecule has 0 N–H and O–H groups in total. The van der Waals surface area contributed by atoms with Crippen molar-refractivity contribution in [1.29, 1.82) is 0 Å². The van der Waals surface area contributed by atoms with Gasteiger partial charge in [0.25, 0.3) is 0 Å². The standard InChI is InChI=1S/C8H7OP3/c1-2-4-6-8-7(5-3-1)9-11-12-10-8/h1-6,11H. The van der Waals surface area contributed by atoms with Gasteiger partial charge in [0.05, 0.1) is 8.11 Å². The van der Waals surface area contributed by atoms with Crippen molar-refractivity contribution in [2.75, 3.05) is 0 Å². The van der Waals surface area contributed by atoms with E-state index in [4.69, 9.17) is 4.20 Å². The van der Waals surface area contributed by atoms with Crippen LogP contribution in [0.3, 0.4) is 0 Å². The van der Waals surface area contributed by atoms with Crippen LogP contribution in [0.15, 0.2) is 40.6 Å². The highest BCUT2D eigenvalue weighted by Crippen LogP contribution is 2.30. The van der Waals surface area contributed by atoms with Crippen LogP contribution in [0.5, 0.6) is 0 Å². The Bertz CT molecular complexity index is 415. The van der Waals surface area contributed by atoms with E-state index in [2.05, 4.69) is 12.1 Å². The average Bonchev–Trinajstić information content (AvgIpc) is 2.06. The van der Waals surface area contributed by atoms with Crippen LogP contribution in [-0.2, 0) is 0 Å². The van der Waals surface area contributed by atoms with Gasteiger partial charge in [0, 0.05) is 12.5 Å². The molecular weight excluding hydrogens is 205 g/mol. The summed E-state index contributed by atoms with van der Waals surface area (Å²) in [5.41, 5.74) is 1.04. The molecule has 1 aliphatic carbocycles. The molecule has 1 atom stereocenters. The van der Waals surface area contributed by atoms with Gasteiger partial charge in [-0.05, 0) is 20.0 Å². The lowest BCUT2D eigenvalue weighted by atomic mass is 10.4. The SMILES string of the molecule is c1cccc2pp[pH]oc=2cc1. The topological polar surface area (TPSA) is 13.1 Å². The summed E-state index contributed by atoms with van der Waals surface area (Å²) in [4.78, 5) is 1.29. The van der Waals surface area contributed by atoms with Crippen molar-refractivity contribution in [1.82, 2.24) is 0 Å². The van der Waals surface area contributed by atoms with Gasteiger partial charge in [-0.3, -0.25) is 0 Å². The van der Waals surface area contributed by atoms with Crippen molar-refractivity contribution in [2.45, 2.75) is 0 Å². The molecule has 0 radical (unpaired) electrons. The highest BCUT2D eigenvalue weighted by molar-refractivity contribution is 8.14. The molecule has 0 amide bonds. The van der Waals surface area contributed by atoms with Crippen LogP contribution in [-0.4, -0.2) is 0 Å². The summed E-state index contributed by atoms with van der Waals surface area (Å²) in [6.07, 6.45) is 0. The minimum Gasteiger partial charge on any atom is -0.448 e. The fourth-order valence-corrected chi connectivity index (χ4v) is 4.88. The molecule has 2 aliphatic rings. The van der Waals surface area contributed by atoms with Gasteiger partial charge < -0.3 is 4.20 Å². The molecule has 0 spiro atoms. The van der Waals surface area contributed by atoms with E-state index in [-0.39, 0.29) is 0 Å². The third-order valence-electron chi connectivity index (χ3n) is 1.44. The third kappa shape index (κ3) is 1.87. The van der Waals surface area contributed by atoms with Gasteiger partial charge in [-0.15, -0.1) is 0 Å². The maximum Gasteiger partial charge on any atom is 0.142 e. The molecule has 0 bridgehead atoms. The van der Waals surface area contributed by atoms with Crippen LogP contribution in [0.4, 0.5) is 0 Å². The fraction of sp³-hybridized carbons (Fsp3) is 0. The minimum atomic E-state index is 0.599. The van der Waals surface area contributed by atoms with Crippen LogP contribution in [0.1, 0.15) is 0 Å². The zero-order valence-corrected chi connectivity index (χ0v) is 9.06. The van der Waals surface area contributed by atoms with Crippen molar-refractivity contribution in [3.63, 3.8) is 0 Å². The maximum absolute atomic E-state index is 5.53. The van der Waals surface area contributed by atoms with E-state index in [1.807, 2.05) is 24.3 Å². The lowest BCUT2D eigenvalue weighted by Gasteiger charge is -1.85. The van der Waals surface area contributed by atoms with E-state index >= 15 is 0 Å². The summed E-state index contributed by atoms with van der Waals surface area (Å²) in [5, 5.41) is 0. The van der Waals surface area contributed by atoms with E-state index < -0.39 is 0 Å². The molecule has 0 aromatic rings. The second kappa shape index (κ2) is 4.06. The predicted octanol–water partition coefficient (Wildman–Crippen LogP) is 4.32. The molecular formula is C8H7OP3. The number of rotatable bonds is 0. The quantitative estimate of drug-likeness (QED) is 0.633. The van der Waals surface area contributed by atoms with Crippen molar-refractivity contribution in [3.8, 4) is 0 Å². The lowest BCUT2D eigenvalue weighted by Crippen LogP contribution is -1.61. The Morgan fingerprint density at radius 2 is 1.92 bits per heavy atom. The second-order valence-electron chi connectivity index (χ2n) is 2.25. The monoisotopic (exact) mass is 212 g/mol. The van der Waals surface area contributed by atoms with Gasteiger partial charge in [-0.1, -0.05) is 24.3 Å². The first kappa shape index (κ1) is 8.27. The maximum atomic E-state index is 5.53. The molecule has 1 aliphatic heterocycles. The van der Waals surface area contributed by atoms with E-state index in [0.717, 1.165) is 5.42 Å². The largest absolute Gasteiger partial charge is 0.448 e. The highest BCUT2D eigenvalue weighted by atomic mass is 32.1. The molecule has 60 valence electrons. The number of hydrogen-bond donors (Lipinski definition) is 0. The average molecular weight is 212 g/mol. The van der Waals surface area contributed by atoms with Crippen molar-refractivity contribution in [2.24, 2.45) is 0 Å². The summed E-state index contributed by atoms with van der Waals surface area (Å²) in [6.45, 7) is 0. The summed E-state index contributed by atoms with van der Waals surface area (Å²) in [5.74, 6) is 0. The first-order valence-electron chi connectivity index (χ1n) is 3.55. The lowest BCUT2D eigenvalue weighted by molar-refractivity contribution is 0.653. The van der Waals surface area contributed by atoms with Crippen LogP contribution in [0, 0.1) is 10.4 Å². The number of hydrogen-bond acceptors (Lipinski definition) is 1. The van der Waals surface area contributed by atoms with Crippen molar-refractivity contribution >= 4 is 23.5 Å². The minimum absolute atomic E-state index is 0.599. The fourth-order valence-electron chi connectivity index (χ4n) is 0.898. The van der Waals surface area contributed by atoms with Crippen LogP contribution < -0.4 is 0 Å². The highest BCUT2D eigenvalue weighted by Gasteiger charge is 1.82. The zero-order valence-electron chi connectivity index (χ0n) is 6.27. The van der Waals surface area contributed by atoms with E-state index in [9.17, 15) is 0 Å². The molecule has 0 saturated carbocycles. The Hall–Kier alpha value is -0.340. The molecule has 2 rings (SSSR count). The first-order chi connectivity index (χ1) is 5.97. The summed E-state index contributed by atoms with van der Waals surface area (Å²) < 4.78 is 5.53. The smallest absolute Gasteiger partial charge is 0.142 e. The normalized spacial score (nSPS) is 11.7. The van der Waals surface area contributed by atoms with Gasteiger partial charge in [0.2, 0.25) is 0 Å². The Morgan fingerprint density at radius 3 is 2.83 bits per heavy atom. The molecule has 12 heavy (non-hydrogen) atoms. The molecule has 0 aromatic carbocycles. The zero-order chi connectivity index (χ0) is 8.23. The molecule has 0 saturated heterocycles. The van der Waals surface area contributed by atoms with E-state index in [0.29, 0.717) is 8.11 Å². The van der Waals surface area contributed by atoms with E-state index in [1.54, 1.807) is 0 Å². The Labute approximate surface area is 75.0 Å². The molecule has 1 unspecified atom stereocenters. The van der Waals surface area contributed by atoms with Gasteiger partial charge in [-0.25, -0.2) is 0 Å². The van der Waals surface area contributed by atoms with Crippen LogP contribution in [0.2, 0.25) is 0 Å². The molecule has 4 heteroatoms. The van der Waals surface area contributed by atoms with Gasteiger partial charge in [-0.2, -0.15) is 0 Å². The Balaban J connectivity index is 2.95. The van der Waals surface area contributed by atoms with Gasteiger partial charge >= 0.3 is 0 Å². The van der Waals surface area contributed by atoms with Gasteiger partial charge in [0.1, 0.15) is 5.42 Å². The summed E-state index contributed by atoms with van der Waals surface area (Å²) in [6, 6.07) is 12.3. The van der Waals surface area contributed by atoms with Crippen molar-refractivity contribution in [3.05, 3.63) is 46.8 Å². The molecule has 1 nitrogen and oxygen atoms in total. The van der Waals surface area contributed by atoms with Crippen LogP contribution >= 0.6 is 23.5 Å². The Kier molecular flexibility index (Phi) is 2.79. The van der Waals surface area contributed by atoms with Gasteiger partial charge in [0.15, 0.2) is 0 Å².